The summed E-state index contributed by atoms with van der Waals surface area (Å²) in [5.41, 5.74) is 0. The number of hydrogen-bond donors (Lipinski definition) is 1. The van der Waals surface area contributed by atoms with E-state index in [4.69, 9.17) is 0 Å². The SMILES string of the molecule is C[C@H]1CNCCC1N(C)C. The summed E-state index contributed by atoms with van der Waals surface area (Å²) < 4.78 is 0. The molecule has 0 saturated carbocycles. The molecule has 1 N–H and O–H groups in total. The molecule has 0 aromatic rings. The van der Waals surface area contributed by atoms with E-state index < -0.39 is 0 Å². The van der Waals surface area contributed by atoms with E-state index in [0.717, 1.165) is 12.0 Å². The third kappa shape index (κ3) is 1.70. The molecule has 1 aliphatic heterocycles. The van der Waals surface area contributed by atoms with Gasteiger partial charge >= 0.3 is 0 Å². The van der Waals surface area contributed by atoms with Gasteiger partial charge in [-0.1, -0.05) is 6.92 Å². The lowest BCUT2D eigenvalue weighted by Gasteiger charge is -2.34. The minimum absolute atomic E-state index is 0.793. The van der Waals surface area contributed by atoms with Gasteiger partial charge in [-0.25, -0.2) is 0 Å². The summed E-state index contributed by atoms with van der Waals surface area (Å²) >= 11 is 0. The molecular weight excluding hydrogens is 124 g/mol. The highest BCUT2D eigenvalue weighted by atomic mass is 15.1. The highest BCUT2D eigenvalue weighted by Crippen LogP contribution is 2.14. The fourth-order valence-corrected chi connectivity index (χ4v) is 1.77. The Morgan fingerprint density at radius 1 is 1.40 bits per heavy atom. The third-order valence-electron chi connectivity index (χ3n) is 2.40. The van der Waals surface area contributed by atoms with Gasteiger partial charge in [0.05, 0.1) is 0 Å². The van der Waals surface area contributed by atoms with E-state index in [1.165, 1.54) is 19.5 Å². The first kappa shape index (κ1) is 8.02. The molecular formula is C8H18N2. The number of rotatable bonds is 1. The van der Waals surface area contributed by atoms with E-state index in [-0.39, 0.29) is 0 Å². The topological polar surface area (TPSA) is 15.3 Å². The highest BCUT2D eigenvalue weighted by molar-refractivity contribution is 4.79. The van der Waals surface area contributed by atoms with Gasteiger partial charge in [0.1, 0.15) is 0 Å². The molecule has 1 aliphatic rings. The highest BCUT2D eigenvalue weighted by Gasteiger charge is 2.21. The predicted molar refractivity (Wildman–Crippen MR) is 44.1 cm³/mol. The molecule has 1 saturated heterocycles. The van der Waals surface area contributed by atoms with Gasteiger partial charge in [-0.3, -0.25) is 0 Å². The lowest BCUT2D eigenvalue weighted by molar-refractivity contribution is 0.178. The maximum absolute atomic E-state index is 3.39. The van der Waals surface area contributed by atoms with E-state index in [9.17, 15) is 0 Å². The minimum atomic E-state index is 0.793. The second-order valence-electron chi connectivity index (χ2n) is 3.50. The number of nitrogens with zero attached hydrogens (tertiary/aromatic N) is 1. The largest absolute Gasteiger partial charge is 0.316 e. The van der Waals surface area contributed by atoms with Crippen LogP contribution < -0.4 is 5.32 Å². The summed E-state index contributed by atoms with van der Waals surface area (Å²) in [5.74, 6) is 0.809. The third-order valence-corrected chi connectivity index (χ3v) is 2.40. The van der Waals surface area contributed by atoms with Crippen molar-refractivity contribution in [1.82, 2.24) is 10.2 Å². The maximum atomic E-state index is 3.39. The molecule has 2 heteroatoms. The Kier molecular flexibility index (Phi) is 2.69. The van der Waals surface area contributed by atoms with Crippen molar-refractivity contribution >= 4 is 0 Å². The van der Waals surface area contributed by atoms with Crippen LogP contribution in [0.4, 0.5) is 0 Å². The fourth-order valence-electron chi connectivity index (χ4n) is 1.77. The van der Waals surface area contributed by atoms with Crippen molar-refractivity contribution in [2.24, 2.45) is 5.92 Å². The Balaban J connectivity index is 2.40. The van der Waals surface area contributed by atoms with Crippen LogP contribution in [-0.4, -0.2) is 38.1 Å². The smallest absolute Gasteiger partial charge is 0.0139 e. The second kappa shape index (κ2) is 3.35. The Labute approximate surface area is 63.6 Å². The van der Waals surface area contributed by atoms with E-state index in [2.05, 4.69) is 31.2 Å². The van der Waals surface area contributed by atoms with Crippen LogP contribution in [0, 0.1) is 5.92 Å². The van der Waals surface area contributed by atoms with Gasteiger partial charge in [-0.15, -0.1) is 0 Å². The minimum Gasteiger partial charge on any atom is -0.316 e. The van der Waals surface area contributed by atoms with E-state index in [1.54, 1.807) is 0 Å². The first-order valence-corrected chi connectivity index (χ1v) is 4.09. The first-order valence-electron chi connectivity index (χ1n) is 4.09. The van der Waals surface area contributed by atoms with Gasteiger partial charge in [0.15, 0.2) is 0 Å². The van der Waals surface area contributed by atoms with Gasteiger partial charge < -0.3 is 10.2 Å². The molecule has 1 heterocycles. The molecule has 0 bridgehead atoms. The molecule has 1 unspecified atom stereocenters. The Morgan fingerprint density at radius 3 is 2.50 bits per heavy atom. The van der Waals surface area contributed by atoms with Crippen LogP contribution >= 0.6 is 0 Å². The van der Waals surface area contributed by atoms with Crippen molar-refractivity contribution in [3.63, 3.8) is 0 Å². The van der Waals surface area contributed by atoms with Crippen molar-refractivity contribution in [3.05, 3.63) is 0 Å². The zero-order valence-corrected chi connectivity index (χ0v) is 7.22. The summed E-state index contributed by atoms with van der Waals surface area (Å²) in [6, 6.07) is 0.793. The molecule has 1 rings (SSSR count). The molecule has 60 valence electrons. The van der Waals surface area contributed by atoms with Crippen molar-refractivity contribution in [3.8, 4) is 0 Å². The van der Waals surface area contributed by atoms with Crippen LogP contribution in [0.1, 0.15) is 13.3 Å². The molecule has 2 nitrogen and oxygen atoms in total. The lowest BCUT2D eigenvalue weighted by Crippen LogP contribution is -2.45. The summed E-state index contributed by atoms with van der Waals surface area (Å²) in [7, 11) is 4.35. The summed E-state index contributed by atoms with van der Waals surface area (Å²) in [6.07, 6.45) is 1.30. The van der Waals surface area contributed by atoms with Gasteiger partial charge in [0.25, 0.3) is 0 Å². The molecule has 0 aromatic heterocycles. The average molecular weight is 142 g/mol. The lowest BCUT2D eigenvalue weighted by atomic mass is 9.95. The predicted octanol–water partition coefficient (Wildman–Crippen LogP) is 0.546. The van der Waals surface area contributed by atoms with Gasteiger partial charge in [0.2, 0.25) is 0 Å². The quantitative estimate of drug-likeness (QED) is 0.575. The van der Waals surface area contributed by atoms with Crippen molar-refractivity contribution in [1.29, 1.82) is 0 Å². The first-order chi connectivity index (χ1) is 4.72. The van der Waals surface area contributed by atoms with Crippen LogP contribution in [0.15, 0.2) is 0 Å². The monoisotopic (exact) mass is 142 g/mol. The van der Waals surface area contributed by atoms with Crippen molar-refractivity contribution < 1.29 is 0 Å². The fraction of sp³-hybridized carbons (Fsp3) is 1.00. The standard InChI is InChI=1S/C8H18N2/c1-7-6-9-5-4-8(7)10(2)3/h7-9H,4-6H2,1-3H3/t7-,8?/m0/s1. The molecule has 0 radical (unpaired) electrons. The summed E-state index contributed by atoms with van der Waals surface area (Å²) in [5, 5.41) is 3.39. The Hall–Kier alpha value is -0.0800. The molecule has 1 fully saturated rings. The Morgan fingerprint density at radius 2 is 2.10 bits per heavy atom. The Bertz CT molecular complexity index is 101. The van der Waals surface area contributed by atoms with Crippen molar-refractivity contribution in [2.45, 2.75) is 19.4 Å². The van der Waals surface area contributed by atoms with E-state index >= 15 is 0 Å². The summed E-state index contributed by atoms with van der Waals surface area (Å²) in [4.78, 5) is 2.34. The normalized spacial score (nSPS) is 34.8. The number of piperidine rings is 1. The molecule has 2 atom stereocenters. The van der Waals surface area contributed by atoms with Crippen LogP contribution in [0.2, 0.25) is 0 Å². The molecule has 0 amide bonds. The molecule has 0 spiro atoms. The molecule has 0 aromatic carbocycles. The second-order valence-corrected chi connectivity index (χ2v) is 3.50. The molecule has 10 heavy (non-hydrogen) atoms. The summed E-state index contributed by atoms with van der Waals surface area (Å²) in [6.45, 7) is 4.69. The zero-order chi connectivity index (χ0) is 7.56. The maximum Gasteiger partial charge on any atom is 0.0139 e. The van der Waals surface area contributed by atoms with Gasteiger partial charge in [-0.05, 0) is 39.5 Å². The number of hydrogen-bond acceptors (Lipinski definition) is 2. The van der Waals surface area contributed by atoms with Crippen LogP contribution in [0.5, 0.6) is 0 Å². The van der Waals surface area contributed by atoms with Gasteiger partial charge in [0, 0.05) is 6.04 Å². The van der Waals surface area contributed by atoms with Crippen LogP contribution in [0.25, 0.3) is 0 Å². The number of nitrogens with one attached hydrogen (secondary N) is 1. The van der Waals surface area contributed by atoms with Crippen LogP contribution in [-0.2, 0) is 0 Å². The zero-order valence-electron chi connectivity index (χ0n) is 7.22. The molecule has 0 aliphatic carbocycles. The van der Waals surface area contributed by atoms with E-state index in [0.29, 0.717) is 0 Å². The van der Waals surface area contributed by atoms with Crippen LogP contribution in [0.3, 0.4) is 0 Å². The van der Waals surface area contributed by atoms with Gasteiger partial charge in [-0.2, -0.15) is 0 Å². The van der Waals surface area contributed by atoms with Crippen molar-refractivity contribution in [2.75, 3.05) is 27.2 Å². The van der Waals surface area contributed by atoms with E-state index in [1.807, 2.05) is 0 Å². The average Bonchev–Trinajstić information content (AvgIpc) is 1.88.